The average Bonchev–Trinajstić information content (AvgIpc) is 3.30. The predicted octanol–water partition coefficient (Wildman–Crippen LogP) is 1.83. The number of imide groups is 2. The molecule has 4 amide bonds. The molecular formula is C22H18N4O8. The number of barbiturate groups is 1. The van der Waals surface area contributed by atoms with Crippen LogP contribution >= 0.6 is 0 Å². The predicted molar refractivity (Wildman–Crippen MR) is 118 cm³/mol. The number of non-ortho nitro benzene ring substituents is 1. The molecule has 3 heterocycles. The topological polar surface area (TPSA) is 141 Å². The number of hydrogen-bond acceptors (Lipinski definition) is 9. The summed E-state index contributed by atoms with van der Waals surface area (Å²) in [6, 6.07) is 7.80. The Hall–Kier alpha value is -4.45. The van der Waals surface area contributed by atoms with Gasteiger partial charge in [0.15, 0.2) is 11.5 Å². The molecular weight excluding hydrogens is 448 g/mol. The molecule has 1 N–H and O–H groups in total. The third-order valence-corrected chi connectivity index (χ3v) is 5.59. The molecule has 0 aliphatic carbocycles. The monoisotopic (exact) mass is 466 g/mol. The normalized spacial score (nSPS) is 18.9. The Morgan fingerprint density at radius 1 is 1.00 bits per heavy atom. The number of nitro benzene ring substituents is 1. The first-order chi connectivity index (χ1) is 16.4. The van der Waals surface area contributed by atoms with Gasteiger partial charge in [0.2, 0.25) is 6.79 Å². The number of carbonyl (C=O) groups excluding carboxylic acids is 3. The molecule has 0 radical (unpaired) electrons. The number of amides is 4. The minimum Gasteiger partial charge on any atom is -0.454 e. The number of benzene rings is 2. The van der Waals surface area contributed by atoms with Gasteiger partial charge in [0.05, 0.1) is 23.8 Å². The molecule has 0 aromatic heterocycles. The largest absolute Gasteiger partial charge is 0.454 e. The van der Waals surface area contributed by atoms with Crippen molar-refractivity contribution in [2.75, 3.05) is 42.9 Å². The molecule has 2 aromatic rings. The molecule has 174 valence electrons. The number of nitrogens with zero attached hydrogens (tertiary/aromatic N) is 3. The van der Waals surface area contributed by atoms with Gasteiger partial charge in [-0.05, 0) is 24.3 Å². The second-order valence-corrected chi connectivity index (χ2v) is 7.60. The van der Waals surface area contributed by atoms with Crippen molar-refractivity contribution in [3.8, 4) is 11.5 Å². The number of carbonyl (C=O) groups is 3. The molecule has 0 spiro atoms. The van der Waals surface area contributed by atoms with E-state index in [9.17, 15) is 24.5 Å². The van der Waals surface area contributed by atoms with E-state index in [1.165, 1.54) is 30.3 Å². The van der Waals surface area contributed by atoms with E-state index in [0.717, 1.165) is 4.90 Å². The molecule has 0 bridgehead atoms. The van der Waals surface area contributed by atoms with Crippen LogP contribution in [0.2, 0.25) is 0 Å². The Balaban J connectivity index is 1.56. The molecule has 34 heavy (non-hydrogen) atoms. The first-order valence-electron chi connectivity index (χ1n) is 10.3. The lowest BCUT2D eigenvalue weighted by atomic mass is 10.0. The van der Waals surface area contributed by atoms with Crippen molar-refractivity contribution in [1.82, 2.24) is 5.32 Å². The van der Waals surface area contributed by atoms with Crippen LogP contribution in [0, 0.1) is 10.1 Å². The molecule has 2 fully saturated rings. The molecule has 0 unspecified atom stereocenters. The Bertz CT molecular complexity index is 1250. The molecule has 2 saturated heterocycles. The summed E-state index contributed by atoms with van der Waals surface area (Å²) in [4.78, 5) is 52.0. The Morgan fingerprint density at radius 2 is 1.76 bits per heavy atom. The van der Waals surface area contributed by atoms with Gasteiger partial charge < -0.3 is 19.1 Å². The number of urea groups is 1. The number of ether oxygens (including phenoxy) is 3. The van der Waals surface area contributed by atoms with Crippen LogP contribution in [0.15, 0.2) is 42.0 Å². The van der Waals surface area contributed by atoms with Gasteiger partial charge in [0, 0.05) is 42.5 Å². The fraction of sp³-hybridized carbons (Fsp3) is 0.227. The maximum atomic E-state index is 13.3. The van der Waals surface area contributed by atoms with Crippen LogP contribution in [0.4, 0.5) is 21.9 Å². The summed E-state index contributed by atoms with van der Waals surface area (Å²) in [5, 5.41) is 13.5. The second-order valence-electron chi connectivity index (χ2n) is 7.60. The van der Waals surface area contributed by atoms with Gasteiger partial charge in [-0.15, -0.1) is 0 Å². The number of hydrogen-bond donors (Lipinski definition) is 1. The summed E-state index contributed by atoms with van der Waals surface area (Å²) in [7, 11) is 0. The standard InChI is InChI=1S/C22H18N4O8/c27-20-16(10-13-9-15(26(30)31)1-3-17(13)24-5-7-32-8-6-24)21(28)25(22(29)23-20)14-2-4-18-19(11-14)34-12-33-18/h1-4,9-11H,5-8,12H2,(H,23,27,29)/b16-10-. The van der Waals surface area contributed by atoms with E-state index in [1.54, 1.807) is 12.1 Å². The van der Waals surface area contributed by atoms with Gasteiger partial charge in [-0.2, -0.15) is 0 Å². The minimum absolute atomic E-state index is 0.0136. The van der Waals surface area contributed by atoms with Crippen LogP contribution in [0.5, 0.6) is 11.5 Å². The third-order valence-electron chi connectivity index (χ3n) is 5.59. The zero-order valence-corrected chi connectivity index (χ0v) is 17.7. The minimum atomic E-state index is -0.918. The summed E-state index contributed by atoms with van der Waals surface area (Å²) in [5.74, 6) is -0.945. The van der Waals surface area contributed by atoms with Crippen molar-refractivity contribution in [3.63, 3.8) is 0 Å². The number of anilines is 2. The van der Waals surface area contributed by atoms with Gasteiger partial charge in [-0.3, -0.25) is 25.0 Å². The van der Waals surface area contributed by atoms with Crippen LogP contribution in [0.3, 0.4) is 0 Å². The fourth-order valence-electron chi connectivity index (χ4n) is 3.94. The highest BCUT2D eigenvalue weighted by Crippen LogP contribution is 2.37. The summed E-state index contributed by atoms with van der Waals surface area (Å²) in [5.41, 5.74) is 0.546. The van der Waals surface area contributed by atoms with Crippen molar-refractivity contribution in [3.05, 3.63) is 57.6 Å². The fourth-order valence-corrected chi connectivity index (χ4v) is 3.94. The highest BCUT2D eigenvalue weighted by atomic mass is 16.7. The summed E-state index contributed by atoms with van der Waals surface area (Å²) < 4.78 is 15.9. The van der Waals surface area contributed by atoms with Gasteiger partial charge in [0.25, 0.3) is 17.5 Å². The highest BCUT2D eigenvalue weighted by Gasteiger charge is 2.38. The van der Waals surface area contributed by atoms with Crippen molar-refractivity contribution >= 4 is 41.0 Å². The van der Waals surface area contributed by atoms with E-state index in [-0.39, 0.29) is 23.7 Å². The highest BCUT2D eigenvalue weighted by molar-refractivity contribution is 6.39. The van der Waals surface area contributed by atoms with Crippen LogP contribution < -0.4 is 24.6 Å². The molecule has 3 aliphatic rings. The third kappa shape index (κ3) is 3.79. The van der Waals surface area contributed by atoms with Gasteiger partial charge >= 0.3 is 6.03 Å². The van der Waals surface area contributed by atoms with E-state index >= 15 is 0 Å². The lowest BCUT2D eigenvalue weighted by Gasteiger charge is -2.30. The molecule has 3 aliphatic heterocycles. The maximum Gasteiger partial charge on any atom is 0.335 e. The zero-order valence-electron chi connectivity index (χ0n) is 17.7. The first-order valence-corrected chi connectivity index (χ1v) is 10.3. The van der Waals surface area contributed by atoms with Crippen molar-refractivity contribution in [1.29, 1.82) is 0 Å². The molecule has 0 atom stereocenters. The number of fused-ring (bicyclic) bond motifs is 1. The number of nitro groups is 1. The average molecular weight is 466 g/mol. The lowest BCUT2D eigenvalue weighted by molar-refractivity contribution is -0.384. The maximum absolute atomic E-state index is 13.3. The summed E-state index contributed by atoms with van der Waals surface area (Å²) in [6.45, 7) is 2.03. The number of nitrogens with one attached hydrogen (secondary N) is 1. The zero-order chi connectivity index (χ0) is 23.8. The lowest BCUT2D eigenvalue weighted by Crippen LogP contribution is -2.54. The molecule has 12 nitrogen and oxygen atoms in total. The van der Waals surface area contributed by atoms with Crippen molar-refractivity contribution < 1.29 is 33.5 Å². The Labute approximate surface area is 192 Å². The van der Waals surface area contributed by atoms with E-state index in [1.807, 2.05) is 4.90 Å². The Kier molecular flexibility index (Phi) is 5.34. The molecule has 5 rings (SSSR count). The quantitative estimate of drug-likeness (QED) is 0.309. The summed E-state index contributed by atoms with van der Waals surface area (Å²) in [6.07, 6.45) is 1.27. The van der Waals surface area contributed by atoms with Crippen molar-refractivity contribution in [2.24, 2.45) is 0 Å². The van der Waals surface area contributed by atoms with Crippen LogP contribution in [0.25, 0.3) is 6.08 Å². The van der Waals surface area contributed by atoms with Crippen molar-refractivity contribution in [2.45, 2.75) is 0 Å². The molecule has 12 heteroatoms. The van der Waals surface area contributed by atoms with E-state index in [0.29, 0.717) is 49.1 Å². The van der Waals surface area contributed by atoms with Gasteiger partial charge in [-0.1, -0.05) is 0 Å². The van der Waals surface area contributed by atoms with E-state index < -0.39 is 22.8 Å². The SMILES string of the molecule is O=C1NC(=O)N(c2ccc3c(c2)OCO3)C(=O)/C1=C\c1cc([N+](=O)[O-])ccc1N1CCOCC1. The molecule has 2 aromatic carbocycles. The van der Waals surface area contributed by atoms with E-state index in [2.05, 4.69) is 5.32 Å². The Morgan fingerprint density at radius 3 is 2.53 bits per heavy atom. The summed E-state index contributed by atoms with van der Waals surface area (Å²) >= 11 is 0. The second kappa shape index (κ2) is 8.48. The smallest absolute Gasteiger partial charge is 0.335 e. The molecule has 0 saturated carbocycles. The number of rotatable bonds is 4. The van der Waals surface area contributed by atoms with Crippen LogP contribution in [0.1, 0.15) is 5.56 Å². The van der Waals surface area contributed by atoms with E-state index in [4.69, 9.17) is 14.2 Å². The van der Waals surface area contributed by atoms with Crippen LogP contribution in [-0.4, -0.2) is 55.9 Å². The first kappa shape index (κ1) is 21.4. The van der Waals surface area contributed by atoms with Gasteiger partial charge in [-0.25, -0.2) is 9.69 Å². The number of morpholine rings is 1. The van der Waals surface area contributed by atoms with Crippen LogP contribution in [-0.2, 0) is 14.3 Å². The van der Waals surface area contributed by atoms with Gasteiger partial charge in [0.1, 0.15) is 5.57 Å².